The van der Waals surface area contributed by atoms with Crippen molar-refractivity contribution in [2.45, 2.75) is 4.90 Å². The number of nitrogens with zero attached hydrogens (tertiary/aromatic N) is 4. The Kier molecular flexibility index (Phi) is 3.70. The summed E-state index contributed by atoms with van der Waals surface area (Å²) in [5, 5.41) is 10.8. The molecule has 0 saturated carbocycles. The monoisotopic (exact) mass is 337 g/mol. The van der Waals surface area contributed by atoms with Crippen molar-refractivity contribution < 1.29 is 4.42 Å². The van der Waals surface area contributed by atoms with Gasteiger partial charge >= 0.3 is 6.01 Å². The minimum absolute atomic E-state index is 0.395. The fourth-order valence-electron chi connectivity index (χ4n) is 2.53. The quantitative estimate of drug-likeness (QED) is 0.571. The molecule has 7 heteroatoms. The summed E-state index contributed by atoms with van der Waals surface area (Å²) >= 11 is 1.72. The summed E-state index contributed by atoms with van der Waals surface area (Å²) in [5.41, 5.74) is 3.84. The third kappa shape index (κ3) is 2.52. The van der Waals surface area contributed by atoms with Gasteiger partial charge in [0.05, 0.1) is 11.0 Å². The minimum atomic E-state index is 0.395. The molecule has 0 saturated heterocycles. The zero-order chi connectivity index (χ0) is 16.5. The highest BCUT2D eigenvalue weighted by molar-refractivity contribution is 7.98. The molecule has 0 aliphatic heterocycles. The molecule has 6 nitrogen and oxygen atoms in total. The molecule has 0 amide bonds. The molecule has 0 fully saturated rings. The first-order chi connectivity index (χ1) is 11.8. The van der Waals surface area contributed by atoms with Gasteiger partial charge in [-0.05, 0) is 48.7 Å². The fourth-order valence-corrected chi connectivity index (χ4v) is 2.94. The van der Waals surface area contributed by atoms with E-state index >= 15 is 0 Å². The summed E-state index contributed by atoms with van der Waals surface area (Å²) in [7, 11) is 1.74. The van der Waals surface area contributed by atoms with Crippen molar-refractivity contribution in [1.82, 2.24) is 19.7 Å². The van der Waals surface area contributed by atoms with Crippen LogP contribution in [0.3, 0.4) is 0 Å². The van der Waals surface area contributed by atoms with Gasteiger partial charge < -0.3 is 9.73 Å². The van der Waals surface area contributed by atoms with E-state index in [0.717, 1.165) is 22.3 Å². The molecular weight excluding hydrogens is 322 g/mol. The van der Waals surface area contributed by atoms with E-state index < -0.39 is 0 Å². The van der Waals surface area contributed by atoms with Gasteiger partial charge in [-0.15, -0.1) is 16.9 Å². The highest BCUT2D eigenvalue weighted by Crippen LogP contribution is 2.26. The van der Waals surface area contributed by atoms with Crippen molar-refractivity contribution in [1.29, 1.82) is 0 Å². The molecule has 2 aromatic heterocycles. The van der Waals surface area contributed by atoms with Crippen LogP contribution in [-0.2, 0) is 0 Å². The van der Waals surface area contributed by atoms with Crippen LogP contribution in [-0.4, -0.2) is 33.1 Å². The molecule has 1 N–H and O–H groups in total. The number of nitrogens with one attached hydrogen (secondary N) is 1. The maximum atomic E-state index is 5.55. The van der Waals surface area contributed by atoms with Gasteiger partial charge in [-0.2, -0.15) is 0 Å². The molecule has 0 radical (unpaired) electrons. The standard InChI is InChI=1S/C17H15N5OS/c1-18-17-21-20-16(23-17)11-3-8-14-15(9-11)22(10-19-14)12-4-6-13(24-2)7-5-12/h3-10H,1-2H3,(H,18,21). The van der Waals surface area contributed by atoms with Crippen LogP contribution in [0.4, 0.5) is 6.01 Å². The third-order valence-corrected chi connectivity index (χ3v) is 4.53. The highest BCUT2D eigenvalue weighted by atomic mass is 32.2. The lowest BCUT2D eigenvalue weighted by molar-refractivity contribution is 0.585. The lowest BCUT2D eigenvalue weighted by Crippen LogP contribution is -1.92. The van der Waals surface area contributed by atoms with Gasteiger partial charge in [0.25, 0.3) is 0 Å². The molecule has 0 bridgehead atoms. The van der Waals surface area contributed by atoms with E-state index in [0.29, 0.717) is 11.9 Å². The maximum Gasteiger partial charge on any atom is 0.315 e. The zero-order valence-corrected chi connectivity index (χ0v) is 14.0. The van der Waals surface area contributed by atoms with Crippen LogP contribution in [0.25, 0.3) is 28.2 Å². The van der Waals surface area contributed by atoms with Gasteiger partial charge in [-0.1, -0.05) is 5.10 Å². The first-order valence-electron chi connectivity index (χ1n) is 7.41. The number of rotatable bonds is 4. The molecule has 0 aliphatic rings. The van der Waals surface area contributed by atoms with Crippen LogP contribution in [0, 0.1) is 0 Å². The second-order valence-electron chi connectivity index (χ2n) is 5.18. The molecule has 0 atom stereocenters. The number of aromatic nitrogens is 4. The van der Waals surface area contributed by atoms with E-state index in [-0.39, 0.29) is 0 Å². The summed E-state index contributed by atoms with van der Waals surface area (Å²) in [6, 6.07) is 14.7. The minimum Gasteiger partial charge on any atom is -0.403 e. The molecule has 24 heavy (non-hydrogen) atoms. The Morgan fingerprint density at radius 3 is 2.62 bits per heavy atom. The predicted octanol–water partition coefficient (Wildman–Crippen LogP) is 3.84. The lowest BCUT2D eigenvalue weighted by atomic mass is 10.2. The first kappa shape index (κ1) is 14.8. The molecule has 2 aromatic carbocycles. The number of hydrogen-bond acceptors (Lipinski definition) is 6. The number of benzene rings is 2. The van der Waals surface area contributed by atoms with Gasteiger partial charge in [0.1, 0.15) is 6.33 Å². The normalized spacial score (nSPS) is 11.1. The molecule has 0 aliphatic carbocycles. The molecule has 4 aromatic rings. The van der Waals surface area contributed by atoms with Crippen LogP contribution >= 0.6 is 11.8 Å². The van der Waals surface area contributed by atoms with Crippen molar-refractivity contribution in [2.75, 3.05) is 18.6 Å². The average Bonchev–Trinajstić information content (AvgIpc) is 3.28. The Bertz CT molecular complexity index is 990. The maximum absolute atomic E-state index is 5.55. The Morgan fingerprint density at radius 1 is 1.08 bits per heavy atom. The summed E-state index contributed by atoms with van der Waals surface area (Å²) in [4.78, 5) is 5.70. The molecule has 0 unspecified atom stereocenters. The first-order valence-corrected chi connectivity index (χ1v) is 8.64. The van der Waals surface area contributed by atoms with Crippen molar-refractivity contribution >= 4 is 28.8 Å². The summed E-state index contributed by atoms with van der Waals surface area (Å²) in [6.45, 7) is 0. The summed E-state index contributed by atoms with van der Waals surface area (Å²) in [5.74, 6) is 0.478. The average molecular weight is 337 g/mol. The predicted molar refractivity (Wildman–Crippen MR) is 95.7 cm³/mol. The number of anilines is 1. The number of imidazole rings is 1. The lowest BCUT2D eigenvalue weighted by Gasteiger charge is -2.06. The van der Waals surface area contributed by atoms with Gasteiger partial charge in [0, 0.05) is 23.2 Å². The molecule has 120 valence electrons. The van der Waals surface area contributed by atoms with Crippen LogP contribution in [0.15, 0.2) is 58.1 Å². The van der Waals surface area contributed by atoms with Crippen molar-refractivity contribution in [3.63, 3.8) is 0 Å². The molecule has 4 rings (SSSR count). The van der Waals surface area contributed by atoms with Crippen molar-refractivity contribution in [3.05, 3.63) is 48.8 Å². The van der Waals surface area contributed by atoms with E-state index in [4.69, 9.17) is 4.42 Å². The van der Waals surface area contributed by atoms with Crippen LogP contribution in [0.5, 0.6) is 0 Å². The smallest absolute Gasteiger partial charge is 0.315 e. The number of fused-ring (bicyclic) bond motifs is 1. The topological polar surface area (TPSA) is 68.8 Å². The number of hydrogen-bond donors (Lipinski definition) is 1. The van der Waals surface area contributed by atoms with Crippen LogP contribution in [0.1, 0.15) is 0 Å². The Balaban J connectivity index is 1.80. The van der Waals surface area contributed by atoms with Crippen molar-refractivity contribution in [3.8, 4) is 17.1 Å². The summed E-state index contributed by atoms with van der Waals surface area (Å²) < 4.78 is 7.61. The highest BCUT2D eigenvalue weighted by Gasteiger charge is 2.11. The van der Waals surface area contributed by atoms with E-state index in [9.17, 15) is 0 Å². The molecule has 0 spiro atoms. The molecule has 2 heterocycles. The number of thioether (sulfide) groups is 1. The fraction of sp³-hybridized carbons (Fsp3) is 0.118. The van der Waals surface area contributed by atoms with E-state index in [1.807, 2.05) is 24.5 Å². The largest absolute Gasteiger partial charge is 0.403 e. The zero-order valence-electron chi connectivity index (χ0n) is 13.2. The summed E-state index contributed by atoms with van der Waals surface area (Å²) in [6.07, 6.45) is 3.90. The second kappa shape index (κ2) is 6.01. The van der Waals surface area contributed by atoms with Gasteiger partial charge in [-0.3, -0.25) is 4.57 Å². The van der Waals surface area contributed by atoms with E-state index in [2.05, 4.69) is 55.6 Å². The van der Waals surface area contributed by atoms with Gasteiger partial charge in [-0.25, -0.2) is 4.98 Å². The third-order valence-electron chi connectivity index (χ3n) is 3.78. The second-order valence-corrected chi connectivity index (χ2v) is 6.06. The molecular formula is C17H15N5OS. The SMILES string of the molecule is CNc1nnc(-c2ccc3ncn(-c4ccc(SC)cc4)c3c2)o1. The van der Waals surface area contributed by atoms with Gasteiger partial charge in [0.15, 0.2) is 0 Å². The van der Waals surface area contributed by atoms with E-state index in [1.165, 1.54) is 4.90 Å². The van der Waals surface area contributed by atoms with Crippen molar-refractivity contribution in [2.24, 2.45) is 0 Å². The van der Waals surface area contributed by atoms with Crippen LogP contribution < -0.4 is 5.32 Å². The Hall–Kier alpha value is -2.80. The van der Waals surface area contributed by atoms with Gasteiger partial charge in [0.2, 0.25) is 5.89 Å². The Labute approximate surface area is 142 Å². The van der Waals surface area contributed by atoms with Crippen LogP contribution in [0.2, 0.25) is 0 Å². The Morgan fingerprint density at radius 2 is 1.92 bits per heavy atom. The van der Waals surface area contributed by atoms with E-state index in [1.54, 1.807) is 18.8 Å².